The van der Waals surface area contributed by atoms with Gasteiger partial charge in [0.15, 0.2) is 0 Å². The Morgan fingerprint density at radius 3 is 2.68 bits per heavy atom. The fraction of sp³-hybridized carbons (Fsp3) is 0.167. The average molecular weight is 502 g/mol. The van der Waals surface area contributed by atoms with Crippen molar-refractivity contribution in [1.29, 1.82) is 0 Å². The van der Waals surface area contributed by atoms with Gasteiger partial charge in [-0.05, 0) is 43.3 Å². The second-order valence-electron chi connectivity index (χ2n) is 10.3. The van der Waals surface area contributed by atoms with Gasteiger partial charge in [-0.15, -0.1) is 0 Å². The summed E-state index contributed by atoms with van der Waals surface area (Å²) < 4.78 is 14.4. The van der Waals surface area contributed by atoms with E-state index in [9.17, 15) is 4.39 Å². The highest BCUT2D eigenvalue weighted by molar-refractivity contribution is 6.00. The number of nitrogens with zero attached hydrogens (tertiary/aromatic N) is 6. The van der Waals surface area contributed by atoms with Gasteiger partial charge in [-0.2, -0.15) is 0 Å². The molecule has 7 rings (SSSR count). The van der Waals surface area contributed by atoms with E-state index in [2.05, 4.69) is 51.7 Å². The molecule has 1 aliphatic rings. The number of pyridine rings is 3. The summed E-state index contributed by atoms with van der Waals surface area (Å²) in [5.41, 5.74) is 9.24. The second kappa shape index (κ2) is 8.14. The summed E-state index contributed by atoms with van der Waals surface area (Å²) in [5.74, 6) is -0.323. The van der Waals surface area contributed by atoms with Crippen LogP contribution in [0.3, 0.4) is 0 Å². The molecule has 7 nitrogen and oxygen atoms in total. The van der Waals surface area contributed by atoms with Gasteiger partial charge in [-0.25, -0.2) is 19.3 Å². The maximum absolute atomic E-state index is 14.4. The van der Waals surface area contributed by atoms with E-state index in [0.29, 0.717) is 12.1 Å². The molecule has 8 heteroatoms. The smallest absolute Gasteiger partial charge is 0.125 e. The Morgan fingerprint density at radius 1 is 0.947 bits per heavy atom. The lowest BCUT2D eigenvalue weighted by Crippen LogP contribution is -2.26. The van der Waals surface area contributed by atoms with Crippen molar-refractivity contribution in [2.45, 2.75) is 26.2 Å². The van der Waals surface area contributed by atoms with Crippen LogP contribution in [0.2, 0.25) is 0 Å². The number of fused-ring (bicyclic) bond motifs is 3. The minimum atomic E-state index is -0.323. The molecule has 0 unspecified atom stereocenters. The molecule has 0 aliphatic carbocycles. The molecule has 1 aromatic carbocycles. The summed E-state index contributed by atoms with van der Waals surface area (Å²) in [6.45, 7) is 7.17. The number of aromatic nitrogens is 6. The number of H-pyrrole nitrogens is 1. The van der Waals surface area contributed by atoms with Crippen molar-refractivity contribution in [3.8, 4) is 22.6 Å². The summed E-state index contributed by atoms with van der Waals surface area (Å²) in [7, 11) is 0. The molecule has 0 bridgehead atoms. The largest absolute Gasteiger partial charge is 0.358 e. The molecule has 0 fully saturated rings. The molecule has 186 valence electrons. The van der Waals surface area contributed by atoms with Crippen LogP contribution in [0.25, 0.3) is 44.6 Å². The maximum atomic E-state index is 14.4. The van der Waals surface area contributed by atoms with E-state index in [1.807, 2.05) is 42.7 Å². The Morgan fingerprint density at radius 2 is 1.84 bits per heavy atom. The molecule has 6 aromatic rings. The highest BCUT2D eigenvalue weighted by atomic mass is 19.1. The molecule has 0 spiro atoms. The monoisotopic (exact) mass is 501 g/mol. The third kappa shape index (κ3) is 3.37. The normalized spacial score (nSPS) is 14.4. The van der Waals surface area contributed by atoms with Crippen molar-refractivity contribution >= 4 is 33.3 Å². The quantitative estimate of drug-likeness (QED) is 0.298. The van der Waals surface area contributed by atoms with Crippen molar-refractivity contribution in [3.63, 3.8) is 0 Å². The maximum Gasteiger partial charge on any atom is 0.125 e. The Balaban J connectivity index is 1.49. The van der Waals surface area contributed by atoms with E-state index in [4.69, 9.17) is 9.97 Å². The number of halogens is 1. The summed E-state index contributed by atoms with van der Waals surface area (Å²) in [5, 5.41) is 0.881. The van der Waals surface area contributed by atoms with E-state index < -0.39 is 0 Å². The standard InChI is InChI=1S/C30H24FN7/c1-17-25(21-6-4-5-10-32-21)37-23-13-19(31)7-8-20(23)28(17)38-15-30(2,3)29-24(38)12-18(14-34-29)26-27-22(9-11-33-27)35-16-36-26/h4-14,16,33H,15H2,1-3H3. The third-order valence-electron chi connectivity index (χ3n) is 7.31. The first-order valence-electron chi connectivity index (χ1n) is 12.5. The number of hydrogen-bond donors (Lipinski definition) is 1. The third-order valence-corrected chi connectivity index (χ3v) is 7.31. The average Bonchev–Trinajstić information content (AvgIpc) is 3.51. The van der Waals surface area contributed by atoms with Gasteiger partial charge in [0.05, 0.1) is 50.7 Å². The van der Waals surface area contributed by atoms with Crippen LogP contribution in [-0.4, -0.2) is 36.4 Å². The van der Waals surface area contributed by atoms with Gasteiger partial charge in [0.2, 0.25) is 0 Å². The van der Waals surface area contributed by atoms with Crippen molar-refractivity contribution < 1.29 is 4.39 Å². The summed E-state index contributed by atoms with van der Waals surface area (Å²) >= 11 is 0. The van der Waals surface area contributed by atoms with Crippen LogP contribution in [0, 0.1) is 12.7 Å². The topological polar surface area (TPSA) is 83.5 Å². The molecule has 0 saturated carbocycles. The Kier molecular flexibility index (Phi) is 4.82. The molecular weight excluding hydrogens is 477 g/mol. The van der Waals surface area contributed by atoms with Crippen LogP contribution in [0.4, 0.5) is 15.8 Å². The van der Waals surface area contributed by atoms with Crippen molar-refractivity contribution in [1.82, 2.24) is 29.9 Å². The van der Waals surface area contributed by atoms with Gasteiger partial charge < -0.3 is 9.88 Å². The molecule has 0 amide bonds. The molecule has 1 aliphatic heterocycles. The van der Waals surface area contributed by atoms with E-state index >= 15 is 0 Å². The van der Waals surface area contributed by atoms with Crippen LogP contribution >= 0.6 is 0 Å². The first kappa shape index (κ1) is 22.5. The summed E-state index contributed by atoms with van der Waals surface area (Å²) in [6.07, 6.45) is 7.08. The van der Waals surface area contributed by atoms with Crippen molar-refractivity contribution in [3.05, 3.63) is 90.5 Å². The fourth-order valence-corrected chi connectivity index (χ4v) is 5.57. The number of rotatable bonds is 3. The van der Waals surface area contributed by atoms with Gasteiger partial charge >= 0.3 is 0 Å². The molecule has 0 atom stereocenters. The lowest BCUT2D eigenvalue weighted by molar-refractivity contribution is 0.554. The predicted molar refractivity (Wildman–Crippen MR) is 147 cm³/mol. The van der Waals surface area contributed by atoms with Crippen LogP contribution in [0.1, 0.15) is 25.1 Å². The van der Waals surface area contributed by atoms with Crippen LogP contribution < -0.4 is 4.90 Å². The second-order valence-corrected chi connectivity index (χ2v) is 10.3. The van der Waals surface area contributed by atoms with E-state index in [1.165, 1.54) is 12.1 Å². The van der Waals surface area contributed by atoms with E-state index in [0.717, 1.165) is 61.7 Å². The fourth-order valence-electron chi connectivity index (χ4n) is 5.57. The van der Waals surface area contributed by atoms with Gasteiger partial charge in [0.25, 0.3) is 0 Å². The highest BCUT2D eigenvalue weighted by Crippen LogP contribution is 2.48. The zero-order valence-electron chi connectivity index (χ0n) is 21.2. The molecular formula is C30H24FN7. The Hall–Kier alpha value is -4.72. The van der Waals surface area contributed by atoms with Gasteiger partial charge in [-0.1, -0.05) is 19.9 Å². The lowest BCUT2D eigenvalue weighted by atomic mass is 9.91. The number of hydrogen-bond acceptors (Lipinski definition) is 6. The van der Waals surface area contributed by atoms with Crippen LogP contribution in [0.5, 0.6) is 0 Å². The molecule has 0 radical (unpaired) electrons. The summed E-state index contributed by atoms with van der Waals surface area (Å²) in [6, 6.07) is 14.6. The predicted octanol–water partition coefficient (Wildman–Crippen LogP) is 6.51. The molecule has 38 heavy (non-hydrogen) atoms. The molecule has 5 aromatic heterocycles. The number of benzene rings is 1. The first-order valence-corrected chi connectivity index (χ1v) is 12.5. The van der Waals surface area contributed by atoms with Crippen LogP contribution in [0.15, 0.2) is 73.4 Å². The minimum absolute atomic E-state index is 0.214. The Bertz CT molecular complexity index is 1860. The van der Waals surface area contributed by atoms with Crippen molar-refractivity contribution in [2.75, 3.05) is 11.4 Å². The molecule has 1 N–H and O–H groups in total. The number of aromatic amines is 1. The van der Waals surface area contributed by atoms with Gasteiger partial charge in [0, 0.05) is 53.1 Å². The highest BCUT2D eigenvalue weighted by Gasteiger charge is 2.39. The molecule has 0 saturated heterocycles. The first-order chi connectivity index (χ1) is 18.4. The summed E-state index contributed by atoms with van der Waals surface area (Å²) in [4.78, 5) is 28.9. The van der Waals surface area contributed by atoms with E-state index in [1.54, 1.807) is 12.5 Å². The SMILES string of the molecule is Cc1c(-c2ccccn2)nc2cc(F)ccc2c1N1CC(C)(C)c2ncc(-c3ncnc4cc[nH]c34)cc21. The Labute approximate surface area is 218 Å². The van der Waals surface area contributed by atoms with Crippen LogP contribution in [-0.2, 0) is 5.41 Å². The van der Waals surface area contributed by atoms with Gasteiger partial charge in [0.1, 0.15) is 12.1 Å². The lowest BCUT2D eigenvalue weighted by Gasteiger charge is -2.26. The minimum Gasteiger partial charge on any atom is -0.358 e. The molecule has 6 heterocycles. The van der Waals surface area contributed by atoms with Crippen molar-refractivity contribution in [2.24, 2.45) is 0 Å². The van der Waals surface area contributed by atoms with Gasteiger partial charge in [-0.3, -0.25) is 9.97 Å². The van der Waals surface area contributed by atoms with E-state index in [-0.39, 0.29) is 11.2 Å². The number of nitrogens with one attached hydrogen (secondary N) is 1. The zero-order valence-corrected chi connectivity index (χ0v) is 21.2. The number of anilines is 2. The zero-order chi connectivity index (χ0) is 26.0.